The Kier molecular flexibility index (Phi) is 3.44. The first-order chi connectivity index (χ1) is 8.35. The van der Waals surface area contributed by atoms with E-state index in [4.69, 9.17) is 0 Å². The van der Waals surface area contributed by atoms with Gasteiger partial charge in [-0.25, -0.2) is 0 Å². The molecule has 0 N–H and O–H groups in total. The van der Waals surface area contributed by atoms with Gasteiger partial charge in [-0.15, -0.1) is 11.8 Å². The normalized spacial score (nSPS) is 28.5. The molecule has 2 heteroatoms. The van der Waals surface area contributed by atoms with Crippen molar-refractivity contribution in [1.82, 2.24) is 4.90 Å². The Labute approximate surface area is 109 Å². The van der Waals surface area contributed by atoms with Crippen LogP contribution in [0, 0.1) is 5.92 Å². The van der Waals surface area contributed by atoms with Gasteiger partial charge < -0.3 is 4.90 Å². The first-order valence-corrected chi connectivity index (χ1v) is 7.70. The molecule has 2 atom stereocenters. The van der Waals surface area contributed by atoms with Crippen molar-refractivity contribution in [2.75, 3.05) is 19.6 Å². The van der Waals surface area contributed by atoms with Crippen molar-refractivity contribution >= 4 is 11.8 Å². The lowest BCUT2D eigenvalue weighted by molar-refractivity contribution is 0.323. The molecule has 0 spiro atoms. The maximum atomic E-state index is 2.68. The summed E-state index contributed by atoms with van der Waals surface area (Å²) < 4.78 is 0. The molecule has 1 nitrogen and oxygen atoms in total. The number of rotatable bonds is 3. The van der Waals surface area contributed by atoms with Gasteiger partial charge in [0.05, 0.1) is 0 Å². The molecule has 0 radical (unpaired) electrons. The lowest BCUT2D eigenvalue weighted by Crippen LogP contribution is -2.28. The minimum absolute atomic E-state index is 0.794. The summed E-state index contributed by atoms with van der Waals surface area (Å²) in [5.74, 6) is 0.962. The maximum Gasteiger partial charge on any atom is 0.0263 e. The number of hydrogen-bond acceptors (Lipinski definition) is 2. The summed E-state index contributed by atoms with van der Waals surface area (Å²) in [7, 11) is 0. The highest BCUT2D eigenvalue weighted by molar-refractivity contribution is 8.00. The fraction of sp³-hybridized carbons (Fsp3) is 0.600. The number of benzene rings is 1. The monoisotopic (exact) mass is 247 g/mol. The van der Waals surface area contributed by atoms with Crippen molar-refractivity contribution in [1.29, 1.82) is 0 Å². The van der Waals surface area contributed by atoms with Gasteiger partial charge in [-0.05, 0) is 36.9 Å². The van der Waals surface area contributed by atoms with E-state index in [-0.39, 0.29) is 0 Å². The Bertz CT molecular complexity index is 365. The predicted octanol–water partition coefficient (Wildman–Crippen LogP) is 3.44. The van der Waals surface area contributed by atoms with Crippen LogP contribution in [0.3, 0.4) is 0 Å². The zero-order chi connectivity index (χ0) is 11.7. The van der Waals surface area contributed by atoms with Gasteiger partial charge in [-0.3, -0.25) is 0 Å². The van der Waals surface area contributed by atoms with Crippen molar-refractivity contribution in [3.05, 3.63) is 29.8 Å². The van der Waals surface area contributed by atoms with Crippen LogP contribution in [-0.2, 0) is 6.42 Å². The van der Waals surface area contributed by atoms with E-state index in [9.17, 15) is 0 Å². The minimum Gasteiger partial charge on any atom is -0.302 e. The molecule has 0 saturated carbocycles. The van der Waals surface area contributed by atoms with Gasteiger partial charge in [0, 0.05) is 23.2 Å². The molecule has 1 fully saturated rings. The molecule has 1 aromatic carbocycles. The van der Waals surface area contributed by atoms with Gasteiger partial charge in [-0.1, -0.05) is 31.5 Å². The SMILES string of the molecule is CCC1CCN(CC2Cc3ccccc3S2)C1. The molecular weight excluding hydrogens is 226 g/mol. The molecule has 0 amide bonds. The molecular formula is C15H21NS. The first kappa shape index (κ1) is 11.6. The Morgan fingerprint density at radius 1 is 1.35 bits per heavy atom. The highest BCUT2D eigenvalue weighted by atomic mass is 32.2. The molecule has 0 bridgehead atoms. The highest BCUT2D eigenvalue weighted by Crippen LogP contribution is 2.37. The Hall–Kier alpha value is -0.470. The highest BCUT2D eigenvalue weighted by Gasteiger charge is 2.27. The minimum atomic E-state index is 0.794. The van der Waals surface area contributed by atoms with E-state index >= 15 is 0 Å². The smallest absolute Gasteiger partial charge is 0.0263 e. The molecule has 2 aliphatic heterocycles. The molecule has 2 heterocycles. The summed E-state index contributed by atoms with van der Waals surface area (Å²) in [6.45, 7) is 6.28. The van der Waals surface area contributed by atoms with Crippen LogP contribution in [0.15, 0.2) is 29.2 Å². The van der Waals surface area contributed by atoms with Gasteiger partial charge in [0.25, 0.3) is 0 Å². The lowest BCUT2D eigenvalue weighted by Gasteiger charge is -2.19. The van der Waals surface area contributed by atoms with E-state index in [2.05, 4.69) is 47.9 Å². The largest absolute Gasteiger partial charge is 0.302 e. The second kappa shape index (κ2) is 5.03. The zero-order valence-electron chi connectivity index (χ0n) is 10.6. The first-order valence-electron chi connectivity index (χ1n) is 6.82. The van der Waals surface area contributed by atoms with Crippen molar-refractivity contribution in [3.63, 3.8) is 0 Å². The third-order valence-electron chi connectivity index (χ3n) is 4.12. The van der Waals surface area contributed by atoms with E-state index in [1.54, 1.807) is 5.56 Å². The summed E-state index contributed by atoms with van der Waals surface area (Å²) in [4.78, 5) is 4.20. The van der Waals surface area contributed by atoms with Crippen molar-refractivity contribution in [3.8, 4) is 0 Å². The standard InChI is InChI=1S/C15H21NS/c1-2-12-7-8-16(10-12)11-14-9-13-5-3-4-6-15(13)17-14/h3-6,12,14H,2,7-11H2,1H3. The van der Waals surface area contributed by atoms with Crippen molar-refractivity contribution < 1.29 is 0 Å². The summed E-state index contributed by atoms with van der Waals surface area (Å²) >= 11 is 2.09. The molecule has 1 aromatic rings. The summed E-state index contributed by atoms with van der Waals surface area (Å²) in [6, 6.07) is 8.90. The van der Waals surface area contributed by atoms with Gasteiger partial charge in [0.2, 0.25) is 0 Å². The average molecular weight is 247 g/mol. The number of likely N-dealkylation sites (tertiary alicyclic amines) is 1. The van der Waals surface area contributed by atoms with Gasteiger partial charge >= 0.3 is 0 Å². The molecule has 2 unspecified atom stereocenters. The third-order valence-corrected chi connectivity index (χ3v) is 5.42. The molecule has 92 valence electrons. The van der Waals surface area contributed by atoms with E-state index in [0.717, 1.165) is 11.2 Å². The molecule has 0 aromatic heterocycles. The predicted molar refractivity (Wildman–Crippen MR) is 74.6 cm³/mol. The van der Waals surface area contributed by atoms with Crippen LogP contribution in [0.2, 0.25) is 0 Å². The van der Waals surface area contributed by atoms with Gasteiger partial charge in [-0.2, -0.15) is 0 Å². The second-order valence-electron chi connectivity index (χ2n) is 5.37. The Morgan fingerprint density at radius 2 is 2.24 bits per heavy atom. The Morgan fingerprint density at radius 3 is 3.00 bits per heavy atom. The van der Waals surface area contributed by atoms with Crippen LogP contribution >= 0.6 is 11.8 Å². The van der Waals surface area contributed by atoms with Crippen molar-refractivity contribution in [2.24, 2.45) is 5.92 Å². The average Bonchev–Trinajstić information content (AvgIpc) is 2.94. The van der Waals surface area contributed by atoms with E-state index in [1.165, 1.54) is 43.8 Å². The quantitative estimate of drug-likeness (QED) is 0.805. The van der Waals surface area contributed by atoms with Crippen LogP contribution in [0.25, 0.3) is 0 Å². The molecule has 0 aliphatic carbocycles. The molecule has 1 saturated heterocycles. The Balaban J connectivity index is 1.56. The molecule has 17 heavy (non-hydrogen) atoms. The fourth-order valence-corrected chi connectivity index (χ4v) is 4.42. The van der Waals surface area contributed by atoms with Crippen LogP contribution in [0.5, 0.6) is 0 Å². The molecule has 2 aliphatic rings. The van der Waals surface area contributed by atoms with E-state index in [0.29, 0.717) is 0 Å². The maximum absolute atomic E-state index is 2.68. The second-order valence-corrected chi connectivity index (χ2v) is 6.72. The number of hydrogen-bond donors (Lipinski definition) is 0. The number of thioether (sulfide) groups is 1. The van der Waals surface area contributed by atoms with Crippen molar-refractivity contribution in [2.45, 2.75) is 36.3 Å². The fourth-order valence-electron chi connectivity index (χ4n) is 3.06. The van der Waals surface area contributed by atoms with Gasteiger partial charge in [0.15, 0.2) is 0 Å². The zero-order valence-corrected chi connectivity index (χ0v) is 11.4. The summed E-state index contributed by atoms with van der Waals surface area (Å²) in [5.41, 5.74) is 1.56. The number of fused-ring (bicyclic) bond motifs is 1. The molecule has 3 rings (SSSR count). The lowest BCUT2D eigenvalue weighted by atomic mass is 10.1. The third kappa shape index (κ3) is 2.53. The summed E-state index contributed by atoms with van der Waals surface area (Å²) in [6.07, 6.45) is 4.05. The van der Waals surface area contributed by atoms with Gasteiger partial charge in [0.1, 0.15) is 0 Å². The van der Waals surface area contributed by atoms with E-state index in [1.807, 2.05) is 0 Å². The topological polar surface area (TPSA) is 3.24 Å². The van der Waals surface area contributed by atoms with Crippen LogP contribution in [0.1, 0.15) is 25.3 Å². The van der Waals surface area contributed by atoms with Crippen LogP contribution < -0.4 is 0 Å². The van der Waals surface area contributed by atoms with E-state index < -0.39 is 0 Å². The summed E-state index contributed by atoms with van der Waals surface area (Å²) in [5, 5.41) is 0.794. The van der Waals surface area contributed by atoms with Crippen LogP contribution in [0.4, 0.5) is 0 Å². The van der Waals surface area contributed by atoms with Crippen LogP contribution in [-0.4, -0.2) is 29.8 Å². The number of nitrogens with zero attached hydrogens (tertiary/aromatic N) is 1.